The van der Waals surface area contributed by atoms with Crippen molar-refractivity contribution in [3.05, 3.63) is 11.6 Å². The summed E-state index contributed by atoms with van der Waals surface area (Å²) in [7, 11) is 0. The van der Waals surface area contributed by atoms with E-state index in [0.717, 1.165) is 6.67 Å². The van der Waals surface area contributed by atoms with E-state index in [1.165, 1.54) is 21.9 Å². The predicted octanol–water partition coefficient (Wildman–Crippen LogP) is 0.489. The fourth-order valence-electron chi connectivity index (χ4n) is 1.41. The second-order valence-corrected chi connectivity index (χ2v) is 2.29. The standard InChI is InChI=1S/C6H5N3.H3N/c1-3-4-6(7-1)5(3)9-2-8-4;/h1,7-8H,2H2;1H3. The molecule has 0 amide bonds. The molecule has 1 aliphatic heterocycles. The highest BCUT2D eigenvalue weighted by Gasteiger charge is 2.18. The summed E-state index contributed by atoms with van der Waals surface area (Å²) in [5.74, 6) is 0. The molecule has 0 saturated heterocycles. The highest BCUT2D eigenvalue weighted by Crippen LogP contribution is 2.26. The summed E-state index contributed by atoms with van der Waals surface area (Å²) < 4.78 is 0. The van der Waals surface area contributed by atoms with Gasteiger partial charge in [0.05, 0.1) is 16.6 Å². The molecule has 5 N–H and O–H groups in total. The largest absolute Gasteiger partial charge is 0.364 e. The lowest BCUT2D eigenvalue weighted by molar-refractivity contribution is 1.05. The molecule has 0 atom stereocenters. The predicted molar refractivity (Wildman–Crippen MR) is 39.7 cm³/mol. The molecule has 1 aliphatic rings. The Balaban J connectivity index is 0.000000403. The van der Waals surface area contributed by atoms with E-state index in [2.05, 4.69) is 15.3 Å². The molecule has 4 bridgehead atoms. The van der Waals surface area contributed by atoms with Crippen LogP contribution in [0, 0.1) is 0 Å². The van der Waals surface area contributed by atoms with Crippen molar-refractivity contribution >= 4 is 16.6 Å². The van der Waals surface area contributed by atoms with Crippen LogP contribution in [-0.2, 0) is 0 Å². The first-order valence-electron chi connectivity index (χ1n) is 2.97. The lowest BCUT2D eigenvalue weighted by Gasteiger charge is -2.13. The maximum Gasteiger partial charge on any atom is 0.108 e. The van der Waals surface area contributed by atoms with Gasteiger partial charge in [-0.2, -0.15) is 0 Å². The van der Waals surface area contributed by atoms with Crippen molar-refractivity contribution in [2.75, 3.05) is 12.0 Å². The third-order valence-electron chi connectivity index (χ3n) is 1.87. The Hall–Kier alpha value is -1.29. The maximum atomic E-state index is 4.24. The SMILES string of the molecule is N.c1[nH]c2c3c1c2=NCN3. The van der Waals surface area contributed by atoms with E-state index in [0.29, 0.717) is 0 Å². The van der Waals surface area contributed by atoms with Crippen LogP contribution in [0.5, 0.6) is 0 Å². The first kappa shape index (κ1) is 5.49. The number of hydrogen-bond donors (Lipinski definition) is 3. The van der Waals surface area contributed by atoms with Gasteiger partial charge in [0.25, 0.3) is 0 Å². The lowest BCUT2D eigenvalue weighted by atomic mass is 10.1. The van der Waals surface area contributed by atoms with Gasteiger partial charge >= 0.3 is 0 Å². The van der Waals surface area contributed by atoms with Crippen molar-refractivity contribution in [1.29, 1.82) is 0 Å². The van der Waals surface area contributed by atoms with Crippen molar-refractivity contribution in [3.63, 3.8) is 0 Å². The number of anilines is 1. The number of H-pyrrole nitrogens is 1. The Labute approximate surface area is 57.2 Å². The fourth-order valence-corrected chi connectivity index (χ4v) is 1.41. The van der Waals surface area contributed by atoms with E-state index in [4.69, 9.17) is 0 Å². The Kier molecular flexibility index (Phi) is 0.772. The molecular formula is C6H8N4. The third-order valence-corrected chi connectivity index (χ3v) is 1.87. The quantitative estimate of drug-likeness (QED) is 0.493. The molecule has 0 saturated carbocycles. The highest BCUT2D eigenvalue weighted by atomic mass is 15.1. The molecule has 0 radical (unpaired) electrons. The van der Waals surface area contributed by atoms with Gasteiger partial charge in [0.15, 0.2) is 0 Å². The van der Waals surface area contributed by atoms with Crippen LogP contribution in [-0.4, -0.2) is 11.7 Å². The van der Waals surface area contributed by atoms with Gasteiger partial charge in [-0.05, 0) is 0 Å². The van der Waals surface area contributed by atoms with Crippen molar-refractivity contribution < 1.29 is 0 Å². The minimum absolute atomic E-state index is 0. The van der Waals surface area contributed by atoms with Gasteiger partial charge in [0.2, 0.25) is 0 Å². The summed E-state index contributed by atoms with van der Waals surface area (Å²) in [6, 6.07) is 0. The molecule has 0 aliphatic carbocycles. The number of hydrogen-bond acceptors (Lipinski definition) is 3. The molecule has 1 aromatic carbocycles. The van der Waals surface area contributed by atoms with Gasteiger partial charge in [-0.25, -0.2) is 0 Å². The van der Waals surface area contributed by atoms with Gasteiger partial charge in [0, 0.05) is 11.6 Å². The Morgan fingerprint density at radius 3 is 2.80 bits per heavy atom. The number of aromatic amines is 1. The second kappa shape index (κ2) is 1.41. The van der Waals surface area contributed by atoms with Gasteiger partial charge < -0.3 is 16.5 Å². The Morgan fingerprint density at radius 2 is 2.40 bits per heavy atom. The van der Waals surface area contributed by atoms with Gasteiger partial charge in [-0.15, -0.1) is 0 Å². The number of rotatable bonds is 0. The zero-order valence-electron chi connectivity index (χ0n) is 5.44. The van der Waals surface area contributed by atoms with E-state index in [-0.39, 0.29) is 6.15 Å². The number of nitrogens with zero attached hydrogens (tertiary/aromatic N) is 1. The van der Waals surface area contributed by atoms with Crippen molar-refractivity contribution in [3.8, 4) is 0 Å². The smallest absolute Gasteiger partial charge is 0.108 e. The molecule has 0 fully saturated rings. The van der Waals surface area contributed by atoms with Crippen LogP contribution < -0.4 is 16.8 Å². The molecule has 0 spiro atoms. The van der Waals surface area contributed by atoms with Crippen LogP contribution in [0.3, 0.4) is 0 Å². The Bertz CT molecular complexity index is 359. The monoisotopic (exact) mass is 136 g/mol. The van der Waals surface area contributed by atoms with Gasteiger partial charge in [-0.1, -0.05) is 0 Å². The molecule has 2 aromatic heterocycles. The number of nitrogens with one attached hydrogen (secondary N) is 2. The zero-order chi connectivity index (χ0) is 5.84. The second-order valence-electron chi connectivity index (χ2n) is 2.29. The minimum atomic E-state index is 0. The van der Waals surface area contributed by atoms with Gasteiger partial charge in [0.1, 0.15) is 6.67 Å². The molecule has 3 heterocycles. The van der Waals surface area contributed by atoms with Crippen LogP contribution in [0.4, 0.5) is 5.69 Å². The normalized spacial score (nSPS) is 14.4. The van der Waals surface area contributed by atoms with E-state index in [1.54, 1.807) is 0 Å². The van der Waals surface area contributed by atoms with Crippen LogP contribution in [0.25, 0.3) is 10.9 Å². The molecule has 10 heavy (non-hydrogen) atoms. The minimum Gasteiger partial charge on any atom is -0.364 e. The highest BCUT2D eigenvalue weighted by molar-refractivity contribution is 6.00. The molecular weight excluding hydrogens is 128 g/mol. The van der Waals surface area contributed by atoms with Crippen molar-refractivity contribution in [2.24, 2.45) is 4.99 Å². The van der Waals surface area contributed by atoms with Gasteiger partial charge in [-0.3, -0.25) is 4.99 Å². The van der Waals surface area contributed by atoms with E-state index in [1.807, 2.05) is 6.20 Å². The molecule has 4 nitrogen and oxygen atoms in total. The lowest BCUT2D eigenvalue weighted by Crippen LogP contribution is -2.21. The molecule has 52 valence electrons. The van der Waals surface area contributed by atoms with Crippen LogP contribution >= 0.6 is 0 Å². The van der Waals surface area contributed by atoms with Crippen molar-refractivity contribution in [2.45, 2.75) is 0 Å². The maximum absolute atomic E-state index is 4.24. The topological polar surface area (TPSA) is 75.2 Å². The third kappa shape index (κ3) is 0.331. The number of aromatic nitrogens is 1. The summed E-state index contributed by atoms with van der Waals surface area (Å²) in [6.07, 6.45) is 2.00. The average molecular weight is 136 g/mol. The number of fused-ring (bicyclic) bond motifs is 1. The summed E-state index contributed by atoms with van der Waals surface area (Å²) in [6.45, 7) is 0.757. The van der Waals surface area contributed by atoms with E-state index < -0.39 is 0 Å². The molecule has 3 aromatic rings. The summed E-state index contributed by atoms with van der Waals surface area (Å²) >= 11 is 0. The van der Waals surface area contributed by atoms with E-state index >= 15 is 0 Å². The van der Waals surface area contributed by atoms with Crippen molar-refractivity contribution in [1.82, 2.24) is 11.1 Å². The molecule has 4 heteroatoms. The van der Waals surface area contributed by atoms with Crippen LogP contribution in [0.2, 0.25) is 0 Å². The van der Waals surface area contributed by atoms with Crippen LogP contribution in [0.1, 0.15) is 0 Å². The summed E-state index contributed by atoms with van der Waals surface area (Å²) in [5, 5.41) is 5.60. The fraction of sp³-hybridized carbons (Fsp3) is 0.167. The Morgan fingerprint density at radius 1 is 1.50 bits per heavy atom. The summed E-state index contributed by atoms with van der Waals surface area (Å²) in [4.78, 5) is 7.36. The average Bonchev–Trinajstić information content (AvgIpc) is 2.48. The first-order chi connectivity index (χ1) is 4.47. The first-order valence-corrected chi connectivity index (χ1v) is 2.97. The molecule has 0 unspecified atom stereocenters. The van der Waals surface area contributed by atoms with E-state index in [9.17, 15) is 0 Å². The van der Waals surface area contributed by atoms with Crippen LogP contribution in [0.15, 0.2) is 11.2 Å². The molecule has 4 rings (SSSR count). The summed E-state index contributed by atoms with van der Waals surface area (Å²) in [5.41, 5.74) is 2.45. The zero-order valence-corrected chi connectivity index (χ0v) is 5.44.